The van der Waals surface area contributed by atoms with Crippen molar-refractivity contribution in [1.82, 2.24) is 9.88 Å². The van der Waals surface area contributed by atoms with Crippen molar-refractivity contribution in [2.45, 2.75) is 32.6 Å². The number of hydrogen-bond donors (Lipinski definition) is 1. The number of hydrogen-bond acceptors (Lipinski definition) is 3. The Labute approximate surface area is 190 Å². The highest BCUT2D eigenvalue weighted by Crippen LogP contribution is 2.40. The number of amides is 1. The van der Waals surface area contributed by atoms with Crippen LogP contribution < -0.4 is 0 Å². The van der Waals surface area contributed by atoms with E-state index in [2.05, 4.69) is 34.8 Å². The zero-order chi connectivity index (χ0) is 22.2. The number of fused-ring (bicyclic) bond motifs is 3. The molecular formula is C25H25BrN2O3. The Morgan fingerprint density at radius 3 is 2.58 bits per heavy atom. The summed E-state index contributed by atoms with van der Waals surface area (Å²) in [6.07, 6.45) is 2.37. The molecule has 1 aliphatic rings. The lowest BCUT2D eigenvalue weighted by molar-refractivity contribution is -0.136. The topological polar surface area (TPSA) is 62.4 Å². The van der Waals surface area contributed by atoms with Crippen LogP contribution in [0.4, 0.5) is 0 Å². The Morgan fingerprint density at radius 1 is 1.13 bits per heavy atom. The molecule has 1 amide bonds. The second-order valence-electron chi connectivity index (χ2n) is 8.40. The predicted octanol–water partition coefficient (Wildman–Crippen LogP) is 5.66. The standard InChI is InChI=1S/C25H25BrN2O3/c1-4-13-31-24(30)18-14-28(23(29)16-9-5-7-11-19(16)26)15-25(2,3)21-17-10-6-8-12-20(17)27-22(18)21/h5-12,14,27H,4,13,15H2,1-3H3. The Kier molecular flexibility index (Phi) is 5.75. The van der Waals surface area contributed by atoms with Gasteiger partial charge in [-0.1, -0.05) is 51.1 Å². The molecule has 1 aromatic heterocycles. The van der Waals surface area contributed by atoms with E-state index in [0.29, 0.717) is 24.3 Å². The molecule has 0 spiro atoms. The van der Waals surface area contributed by atoms with Crippen molar-refractivity contribution >= 4 is 44.3 Å². The van der Waals surface area contributed by atoms with Gasteiger partial charge in [0.05, 0.1) is 23.4 Å². The van der Waals surface area contributed by atoms with Crippen LogP contribution in [-0.4, -0.2) is 34.9 Å². The maximum Gasteiger partial charge on any atom is 0.341 e. The zero-order valence-corrected chi connectivity index (χ0v) is 19.5. The summed E-state index contributed by atoms with van der Waals surface area (Å²) in [6.45, 7) is 6.90. The summed E-state index contributed by atoms with van der Waals surface area (Å²) in [5.74, 6) is -0.604. The van der Waals surface area contributed by atoms with Crippen molar-refractivity contribution in [3.63, 3.8) is 0 Å². The van der Waals surface area contributed by atoms with Gasteiger partial charge in [-0.3, -0.25) is 4.79 Å². The molecule has 0 saturated carbocycles. The maximum absolute atomic E-state index is 13.5. The number of carbonyl (C=O) groups is 2. The van der Waals surface area contributed by atoms with Crippen LogP contribution in [0.1, 0.15) is 48.8 Å². The van der Waals surface area contributed by atoms with Gasteiger partial charge >= 0.3 is 5.97 Å². The van der Waals surface area contributed by atoms with Crippen LogP contribution >= 0.6 is 15.9 Å². The quantitative estimate of drug-likeness (QED) is 0.490. The summed E-state index contributed by atoms with van der Waals surface area (Å²) in [4.78, 5) is 31.6. The molecule has 1 aliphatic heterocycles. The van der Waals surface area contributed by atoms with Gasteiger partial charge in [0.1, 0.15) is 0 Å². The minimum absolute atomic E-state index is 0.171. The molecule has 3 aromatic rings. The lowest BCUT2D eigenvalue weighted by atomic mass is 9.81. The van der Waals surface area contributed by atoms with Crippen molar-refractivity contribution in [2.75, 3.05) is 13.2 Å². The van der Waals surface area contributed by atoms with Crippen molar-refractivity contribution in [2.24, 2.45) is 0 Å². The van der Waals surface area contributed by atoms with Gasteiger partial charge in [-0.05, 0) is 46.1 Å². The molecule has 4 rings (SSSR count). The number of benzene rings is 2. The molecule has 0 bridgehead atoms. The first-order valence-electron chi connectivity index (χ1n) is 10.4. The number of rotatable bonds is 4. The van der Waals surface area contributed by atoms with E-state index < -0.39 is 11.4 Å². The SMILES string of the molecule is CCCOC(=O)C1=CN(C(=O)c2ccccc2Br)CC(C)(C)c2c1[nH]c1ccccc21. The fourth-order valence-corrected chi connectivity index (χ4v) is 4.62. The summed E-state index contributed by atoms with van der Waals surface area (Å²) >= 11 is 3.48. The Hall–Kier alpha value is -2.86. The molecule has 6 heteroatoms. The van der Waals surface area contributed by atoms with Gasteiger partial charge in [0.2, 0.25) is 0 Å². The first-order valence-corrected chi connectivity index (χ1v) is 11.2. The highest BCUT2D eigenvalue weighted by molar-refractivity contribution is 9.10. The summed E-state index contributed by atoms with van der Waals surface area (Å²) in [5, 5.41) is 1.05. The number of halogens is 1. The lowest BCUT2D eigenvalue weighted by Crippen LogP contribution is -2.37. The number of H-pyrrole nitrogens is 1. The smallest absolute Gasteiger partial charge is 0.341 e. The third-order valence-electron chi connectivity index (χ3n) is 5.53. The van der Waals surface area contributed by atoms with E-state index >= 15 is 0 Å². The molecule has 0 radical (unpaired) electrons. The van der Waals surface area contributed by atoms with Gasteiger partial charge in [-0.15, -0.1) is 0 Å². The van der Waals surface area contributed by atoms with Crippen molar-refractivity contribution in [3.05, 3.63) is 76.0 Å². The van der Waals surface area contributed by atoms with Gasteiger partial charge in [0.25, 0.3) is 5.91 Å². The van der Waals surface area contributed by atoms with E-state index in [1.54, 1.807) is 17.2 Å². The minimum Gasteiger partial charge on any atom is -0.462 e. The van der Waals surface area contributed by atoms with Crippen LogP contribution in [0.2, 0.25) is 0 Å². The second kappa shape index (κ2) is 8.35. The van der Waals surface area contributed by atoms with Gasteiger partial charge in [0.15, 0.2) is 0 Å². The molecule has 1 N–H and O–H groups in total. The van der Waals surface area contributed by atoms with Gasteiger partial charge < -0.3 is 14.6 Å². The van der Waals surface area contributed by atoms with Crippen molar-refractivity contribution in [3.8, 4) is 0 Å². The molecule has 0 fully saturated rings. The third kappa shape index (κ3) is 3.92. The fourth-order valence-electron chi connectivity index (χ4n) is 4.16. The molecule has 0 atom stereocenters. The van der Waals surface area contributed by atoms with Crippen LogP contribution in [0.15, 0.2) is 59.2 Å². The molecule has 0 saturated heterocycles. The van der Waals surface area contributed by atoms with Crippen LogP contribution in [0.5, 0.6) is 0 Å². The van der Waals surface area contributed by atoms with E-state index in [1.165, 1.54) is 0 Å². The molecule has 2 heterocycles. The average molecular weight is 481 g/mol. The normalized spacial score (nSPS) is 15.2. The van der Waals surface area contributed by atoms with E-state index in [9.17, 15) is 9.59 Å². The molecule has 2 aromatic carbocycles. The highest BCUT2D eigenvalue weighted by atomic mass is 79.9. The molecular weight excluding hydrogens is 456 g/mol. The largest absolute Gasteiger partial charge is 0.462 e. The van der Waals surface area contributed by atoms with Gasteiger partial charge in [-0.25, -0.2) is 4.79 Å². The van der Waals surface area contributed by atoms with E-state index in [1.807, 2.05) is 49.4 Å². The Morgan fingerprint density at radius 2 is 1.84 bits per heavy atom. The van der Waals surface area contributed by atoms with Crippen molar-refractivity contribution < 1.29 is 14.3 Å². The van der Waals surface area contributed by atoms with Crippen LogP contribution in [0, 0.1) is 0 Å². The van der Waals surface area contributed by atoms with E-state index in [0.717, 1.165) is 33.1 Å². The first kappa shape index (κ1) is 21.4. The van der Waals surface area contributed by atoms with E-state index in [4.69, 9.17) is 4.74 Å². The number of esters is 1. The number of carbonyl (C=O) groups excluding carboxylic acids is 2. The highest BCUT2D eigenvalue weighted by Gasteiger charge is 2.37. The monoisotopic (exact) mass is 480 g/mol. The Bertz CT molecular complexity index is 1190. The fraction of sp³-hybridized carbons (Fsp3) is 0.280. The average Bonchev–Trinajstić information content (AvgIpc) is 3.09. The van der Waals surface area contributed by atoms with Crippen LogP contribution in [0.25, 0.3) is 16.5 Å². The van der Waals surface area contributed by atoms with Gasteiger partial charge in [-0.2, -0.15) is 0 Å². The van der Waals surface area contributed by atoms with Gasteiger partial charge in [0, 0.05) is 33.5 Å². The van der Waals surface area contributed by atoms with E-state index in [-0.39, 0.29) is 5.91 Å². The number of para-hydroxylation sites is 1. The maximum atomic E-state index is 13.5. The number of aromatic nitrogens is 1. The molecule has 0 unspecified atom stereocenters. The van der Waals surface area contributed by atoms with Crippen molar-refractivity contribution in [1.29, 1.82) is 0 Å². The summed E-state index contributed by atoms with van der Waals surface area (Å²) in [6, 6.07) is 15.3. The first-order chi connectivity index (χ1) is 14.8. The predicted molar refractivity (Wildman–Crippen MR) is 126 cm³/mol. The lowest BCUT2D eigenvalue weighted by Gasteiger charge is -2.30. The summed E-state index contributed by atoms with van der Waals surface area (Å²) < 4.78 is 6.21. The number of ether oxygens (including phenoxy) is 1. The molecule has 0 aliphatic carbocycles. The number of nitrogens with zero attached hydrogens (tertiary/aromatic N) is 1. The molecule has 5 nitrogen and oxygen atoms in total. The number of aromatic amines is 1. The summed E-state index contributed by atoms with van der Waals surface area (Å²) in [5.41, 5.74) is 3.20. The minimum atomic E-state index is -0.433. The molecule has 31 heavy (non-hydrogen) atoms. The Balaban J connectivity index is 1.89. The second-order valence-corrected chi connectivity index (χ2v) is 9.25. The third-order valence-corrected chi connectivity index (χ3v) is 6.22. The van der Waals surface area contributed by atoms with Crippen LogP contribution in [0.3, 0.4) is 0 Å². The number of nitrogens with one attached hydrogen (secondary N) is 1. The van der Waals surface area contributed by atoms with Crippen LogP contribution in [-0.2, 0) is 14.9 Å². The zero-order valence-electron chi connectivity index (χ0n) is 17.9. The summed E-state index contributed by atoms with van der Waals surface area (Å²) in [7, 11) is 0. The molecule has 160 valence electrons.